The van der Waals surface area contributed by atoms with Crippen molar-refractivity contribution in [1.29, 1.82) is 0 Å². The maximum absolute atomic E-state index is 5.08. The van der Waals surface area contributed by atoms with Crippen LogP contribution >= 0.6 is 0 Å². The molecule has 2 aliphatic rings. The van der Waals surface area contributed by atoms with E-state index in [1.54, 1.807) is 5.56 Å². The van der Waals surface area contributed by atoms with Crippen molar-refractivity contribution in [2.75, 3.05) is 0 Å². The van der Waals surface area contributed by atoms with Crippen LogP contribution in [0.1, 0.15) is 87.7 Å². The molecule has 1 aliphatic carbocycles. The average molecular weight is 347 g/mol. The van der Waals surface area contributed by atoms with E-state index >= 15 is 0 Å². The highest BCUT2D eigenvalue weighted by Crippen LogP contribution is 2.48. The van der Waals surface area contributed by atoms with Gasteiger partial charge in [0.05, 0.1) is 11.4 Å². The van der Waals surface area contributed by atoms with Gasteiger partial charge >= 0.3 is 0 Å². The summed E-state index contributed by atoms with van der Waals surface area (Å²) >= 11 is 0. The molecule has 26 heavy (non-hydrogen) atoms. The second kappa shape index (κ2) is 8.29. The standard InChI is InChI=1S/C25H32N/c1-19-17-18-22-21-15-11-12-16-23(21)26-25(22)24(19)20-13-9-7-5-3-2-4-6-8-10-14-20/h11-12,15-18,20H,2-10,13-14H2,1H3. The molecule has 0 bridgehead atoms. The lowest BCUT2D eigenvalue weighted by Gasteiger charge is -2.23. The van der Waals surface area contributed by atoms with Crippen LogP contribution in [-0.4, -0.2) is 0 Å². The van der Waals surface area contributed by atoms with Crippen molar-refractivity contribution in [3.05, 3.63) is 47.5 Å². The zero-order chi connectivity index (χ0) is 17.8. The molecule has 137 valence electrons. The van der Waals surface area contributed by atoms with Gasteiger partial charge < -0.3 is 0 Å². The van der Waals surface area contributed by atoms with Crippen LogP contribution in [-0.2, 0) is 0 Å². The highest BCUT2D eigenvalue weighted by atomic mass is 14.9. The molecule has 0 atom stereocenters. The maximum Gasteiger partial charge on any atom is 0.0753 e. The number of hydrogen-bond donors (Lipinski definition) is 0. The van der Waals surface area contributed by atoms with E-state index in [9.17, 15) is 0 Å². The third-order valence-electron chi connectivity index (χ3n) is 6.37. The van der Waals surface area contributed by atoms with E-state index in [1.165, 1.54) is 93.0 Å². The van der Waals surface area contributed by atoms with E-state index in [1.807, 2.05) is 0 Å². The van der Waals surface area contributed by atoms with Crippen molar-refractivity contribution in [3.63, 3.8) is 0 Å². The van der Waals surface area contributed by atoms with E-state index in [0.29, 0.717) is 5.92 Å². The summed E-state index contributed by atoms with van der Waals surface area (Å²) < 4.78 is 0. The van der Waals surface area contributed by atoms with Crippen LogP contribution in [0, 0.1) is 6.92 Å². The fraction of sp³-hybridized carbons (Fsp3) is 0.520. The van der Waals surface area contributed by atoms with Gasteiger partial charge in [0.2, 0.25) is 0 Å². The summed E-state index contributed by atoms with van der Waals surface area (Å²) in [4.78, 5) is 0. The van der Waals surface area contributed by atoms with Gasteiger partial charge in [-0.05, 0) is 42.9 Å². The quantitative estimate of drug-likeness (QED) is 0.424. The Morgan fingerprint density at radius 1 is 0.692 bits per heavy atom. The first-order chi connectivity index (χ1) is 12.8. The van der Waals surface area contributed by atoms with Crippen LogP contribution in [0.25, 0.3) is 11.1 Å². The normalized spacial score (nSPS) is 19.0. The summed E-state index contributed by atoms with van der Waals surface area (Å²) in [5.74, 6) is 0.683. The molecule has 0 N–H and O–H groups in total. The van der Waals surface area contributed by atoms with Crippen LogP contribution in [0.15, 0.2) is 36.4 Å². The Hall–Kier alpha value is -1.76. The molecule has 4 rings (SSSR count). The van der Waals surface area contributed by atoms with Crippen molar-refractivity contribution in [2.24, 2.45) is 0 Å². The third kappa shape index (κ3) is 3.68. The molecule has 2 aromatic carbocycles. The first kappa shape index (κ1) is 17.6. The fourth-order valence-electron chi connectivity index (χ4n) is 4.93. The SMILES string of the molecule is Cc1ccc2c(c1C1CCCCCCCCCCC1)[N]c1ccccc1-2. The number of rotatable bonds is 1. The zero-order valence-corrected chi connectivity index (χ0v) is 16.3. The number of benzene rings is 2. The molecule has 0 amide bonds. The Labute approximate surface area is 159 Å². The number of aryl methyl sites for hydroxylation is 1. The number of hydrogen-bond acceptors (Lipinski definition) is 0. The molecule has 1 heteroatoms. The first-order valence-electron chi connectivity index (χ1n) is 10.8. The Morgan fingerprint density at radius 2 is 1.31 bits per heavy atom. The predicted octanol–water partition coefficient (Wildman–Crippen LogP) is 7.93. The van der Waals surface area contributed by atoms with Gasteiger partial charge in [-0.2, -0.15) is 0 Å². The number of nitrogens with zero attached hydrogens (tertiary/aromatic N) is 1. The Bertz CT molecular complexity index is 734. The monoisotopic (exact) mass is 346 g/mol. The van der Waals surface area contributed by atoms with E-state index in [0.717, 1.165) is 5.69 Å². The van der Waals surface area contributed by atoms with Crippen molar-refractivity contribution in [3.8, 4) is 11.1 Å². The van der Waals surface area contributed by atoms with Crippen LogP contribution in [0.4, 0.5) is 11.4 Å². The molecule has 1 saturated carbocycles. The molecule has 1 nitrogen and oxygen atoms in total. The van der Waals surface area contributed by atoms with Crippen LogP contribution < -0.4 is 5.32 Å². The molecule has 0 unspecified atom stereocenters. The maximum atomic E-state index is 5.08. The summed E-state index contributed by atoms with van der Waals surface area (Å²) in [6.45, 7) is 2.30. The predicted molar refractivity (Wildman–Crippen MR) is 112 cm³/mol. The van der Waals surface area contributed by atoms with Crippen LogP contribution in [0.2, 0.25) is 0 Å². The van der Waals surface area contributed by atoms with E-state index in [4.69, 9.17) is 5.32 Å². The molecule has 0 spiro atoms. The Balaban J connectivity index is 1.63. The molecule has 2 aromatic rings. The van der Waals surface area contributed by atoms with Gasteiger partial charge in [-0.25, -0.2) is 5.32 Å². The minimum atomic E-state index is 0.683. The Morgan fingerprint density at radius 3 is 2.00 bits per heavy atom. The molecule has 1 radical (unpaired) electrons. The Kier molecular flexibility index (Phi) is 5.62. The summed E-state index contributed by atoms with van der Waals surface area (Å²) in [6.07, 6.45) is 15.4. The second-order valence-corrected chi connectivity index (χ2v) is 8.28. The minimum absolute atomic E-state index is 0.683. The van der Waals surface area contributed by atoms with Gasteiger partial charge in [0.25, 0.3) is 0 Å². The summed E-state index contributed by atoms with van der Waals surface area (Å²) in [7, 11) is 0. The lowest BCUT2D eigenvalue weighted by atomic mass is 9.83. The van der Waals surface area contributed by atoms with E-state index < -0.39 is 0 Å². The van der Waals surface area contributed by atoms with Gasteiger partial charge in [0.15, 0.2) is 0 Å². The lowest BCUT2D eigenvalue weighted by molar-refractivity contribution is 0.466. The highest BCUT2D eigenvalue weighted by Gasteiger charge is 2.27. The van der Waals surface area contributed by atoms with Gasteiger partial charge in [0, 0.05) is 11.1 Å². The molecule has 1 fully saturated rings. The van der Waals surface area contributed by atoms with Gasteiger partial charge in [0.1, 0.15) is 0 Å². The lowest BCUT2D eigenvalue weighted by Crippen LogP contribution is -2.05. The van der Waals surface area contributed by atoms with Gasteiger partial charge in [-0.1, -0.05) is 88.1 Å². The fourth-order valence-corrected chi connectivity index (χ4v) is 4.93. The first-order valence-corrected chi connectivity index (χ1v) is 10.8. The van der Waals surface area contributed by atoms with Gasteiger partial charge in [-0.15, -0.1) is 0 Å². The summed E-state index contributed by atoms with van der Waals surface area (Å²) in [5, 5.41) is 5.08. The van der Waals surface area contributed by atoms with Crippen molar-refractivity contribution >= 4 is 11.4 Å². The van der Waals surface area contributed by atoms with Gasteiger partial charge in [-0.3, -0.25) is 0 Å². The third-order valence-corrected chi connectivity index (χ3v) is 6.37. The molecule has 0 saturated heterocycles. The molecule has 1 heterocycles. The van der Waals surface area contributed by atoms with E-state index in [2.05, 4.69) is 43.3 Å². The molecular formula is C25H32N. The molecule has 1 aliphatic heterocycles. The molecular weight excluding hydrogens is 314 g/mol. The highest BCUT2D eigenvalue weighted by molar-refractivity contribution is 5.92. The summed E-state index contributed by atoms with van der Waals surface area (Å²) in [5.41, 5.74) is 8.10. The molecule has 0 aromatic heterocycles. The van der Waals surface area contributed by atoms with Crippen molar-refractivity contribution < 1.29 is 0 Å². The topological polar surface area (TPSA) is 14.1 Å². The van der Waals surface area contributed by atoms with Crippen LogP contribution in [0.3, 0.4) is 0 Å². The minimum Gasteiger partial charge on any atom is -0.247 e. The number of para-hydroxylation sites is 1. The van der Waals surface area contributed by atoms with Crippen LogP contribution in [0.5, 0.6) is 0 Å². The summed E-state index contributed by atoms with van der Waals surface area (Å²) in [6, 6.07) is 13.3. The van der Waals surface area contributed by atoms with Crippen molar-refractivity contribution in [2.45, 2.75) is 83.5 Å². The smallest absolute Gasteiger partial charge is 0.0753 e. The number of fused-ring (bicyclic) bond motifs is 3. The van der Waals surface area contributed by atoms with Crippen molar-refractivity contribution in [1.82, 2.24) is 5.32 Å². The largest absolute Gasteiger partial charge is 0.247 e. The zero-order valence-electron chi connectivity index (χ0n) is 16.3. The second-order valence-electron chi connectivity index (χ2n) is 8.28. The average Bonchev–Trinajstić information content (AvgIpc) is 3.01. The van der Waals surface area contributed by atoms with E-state index in [-0.39, 0.29) is 0 Å².